The van der Waals surface area contributed by atoms with Gasteiger partial charge in [-0.25, -0.2) is 14.4 Å². The zero-order valence-electron chi connectivity index (χ0n) is 19.6. The summed E-state index contributed by atoms with van der Waals surface area (Å²) in [7, 11) is 0. The summed E-state index contributed by atoms with van der Waals surface area (Å²) in [6, 6.07) is 2.68. The van der Waals surface area contributed by atoms with Crippen LogP contribution in [0, 0.1) is 11.7 Å². The van der Waals surface area contributed by atoms with Gasteiger partial charge in [0.1, 0.15) is 11.3 Å². The molecule has 2 fully saturated rings. The summed E-state index contributed by atoms with van der Waals surface area (Å²) in [6.07, 6.45) is 7.26. The Hall–Kier alpha value is -2.69. The second-order valence-corrected chi connectivity index (χ2v) is 10.5. The van der Waals surface area contributed by atoms with Crippen molar-refractivity contribution in [1.29, 1.82) is 0 Å². The predicted molar refractivity (Wildman–Crippen MR) is 137 cm³/mol. The number of rotatable bonds is 6. The number of hydrogen-bond acceptors (Lipinski definition) is 7. The van der Waals surface area contributed by atoms with Crippen LogP contribution in [0.2, 0.25) is 10.0 Å². The number of fused-ring (bicyclic) bond motifs is 1. The fourth-order valence-corrected chi connectivity index (χ4v) is 5.78. The van der Waals surface area contributed by atoms with E-state index in [-0.39, 0.29) is 45.7 Å². The fourth-order valence-electron chi connectivity index (χ4n) is 5.26. The molecule has 12 heteroatoms. The number of aliphatic hydroxyl groups excluding tert-OH is 1. The van der Waals surface area contributed by atoms with Crippen molar-refractivity contribution in [2.45, 2.75) is 69.6 Å². The van der Waals surface area contributed by atoms with Gasteiger partial charge in [-0.3, -0.25) is 9.36 Å². The molecule has 192 valence electrons. The first-order chi connectivity index (χ1) is 17.3. The summed E-state index contributed by atoms with van der Waals surface area (Å²) < 4.78 is 16.7. The summed E-state index contributed by atoms with van der Waals surface area (Å²) in [6.45, 7) is 0. The van der Waals surface area contributed by atoms with E-state index in [0.717, 1.165) is 19.3 Å². The molecule has 0 radical (unpaired) electrons. The largest absolute Gasteiger partial charge is 0.393 e. The molecule has 2 aromatic heterocycles. The highest BCUT2D eigenvalue weighted by Crippen LogP contribution is 2.38. The topological polar surface area (TPSA) is 131 Å². The van der Waals surface area contributed by atoms with Gasteiger partial charge in [0.15, 0.2) is 5.65 Å². The maximum Gasteiger partial charge on any atom is 0.224 e. The van der Waals surface area contributed by atoms with E-state index < -0.39 is 5.82 Å². The molecule has 2 aliphatic rings. The number of halogens is 3. The smallest absolute Gasteiger partial charge is 0.224 e. The lowest BCUT2D eigenvalue weighted by atomic mass is 9.85. The molecule has 0 aliphatic heterocycles. The molecule has 2 aliphatic carbocycles. The van der Waals surface area contributed by atoms with Crippen LogP contribution in [0.1, 0.15) is 57.4 Å². The van der Waals surface area contributed by atoms with Gasteiger partial charge in [-0.05, 0) is 63.5 Å². The predicted octanol–water partition coefficient (Wildman–Crippen LogP) is 4.95. The number of nitrogens with one attached hydrogen (secondary N) is 2. The van der Waals surface area contributed by atoms with Crippen molar-refractivity contribution in [3.8, 4) is 0 Å². The molecule has 2 atom stereocenters. The van der Waals surface area contributed by atoms with Gasteiger partial charge in [0.05, 0.1) is 23.0 Å². The average molecular weight is 536 g/mol. The Morgan fingerprint density at radius 2 is 1.92 bits per heavy atom. The SMILES string of the molecule is NC(=O)C1CCC(n2c(Nc3c(F)cc(Cl)cc3Cl)nc3cnc(NC4CCCC(O)C4)nc32)CC1. The summed E-state index contributed by atoms with van der Waals surface area (Å²) in [4.78, 5) is 25.5. The van der Waals surface area contributed by atoms with Crippen molar-refractivity contribution in [2.75, 3.05) is 10.6 Å². The lowest BCUT2D eigenvalue weighted by Gasteiger charge is -2.29. The van der Waals surface area contributed by atoms with Crippen molar-refractivity contribution in [3.05, 3.63) is 34.2 Å². The second-order valence-electron chi connectivity index (χ2n) is 9.65. The van der Waals surface area contributed by atoms with Gasteiger partial charge in [-0.1, -0.05) is 23.2 Å². The average Bonchev–Trinajstić information content (AvgIpc) is 3.18. The minimum atomic E-state index is -0.604. The van der Waals surface area contributed by atoms with Gasteiger partial charge < -0.3 is 21.5 Å². The summed E-state index contributed by atoms with van der Waals surface area (Å²) in [5.74, 6) is -0.250. The van der Waals surface area contributed by atoms with Crippen LogP contribution in [0.25, 0.3) is 11.2 Å². The van der Waals surface area contributed by atoms with Gasteiger partial charge in [-0.15, -0.1) is 0 Å². The van der Waals surface area contributed by atoms with Crippen molar-refractivity contribution in [1.82, 2.24) is 19.5 Å². The number of aromatic nitrogens is 4. The quantitative estimate of drug-likeness (QED) is 0.351. The molecule has 5 N–H and O–H groups in total. The normalized spacial score (nSPS) is 24.6. The van der Waals surface area contributed by atoms with Crippen LogP contribution >= 0.6 is 23.2 Å². The number of carbonyl (C=O) groups excluding carboxylic acids is 1. The lowest BCUT2D eigenvalue weighted by molar-refractivity contribution is -0.122. The van der Waals surface area contributed by atoms with Crippen molar-refractivity contribution in [3.63, 3.8) is 0 Å². The Bertz CT molecular complexity index is 1260. The number of nitrogens with two attached hydrogens (primary N) is 1. The highest BCUT2D eigenvalue weighted by molar-refractivity contribution is 6.36. The lowest BCUT2D eigenvalue weighted by Crippen LogP contribution is -2.30. The number of hydrogen-bond donors (Lipinski definition) is 4. The van der Waals surface area contributed by atoms with Gasteiger partial charge >= 0.3 is 0 Å². The number of carbonyl (C=O) groups is 1. The highest BCUT2D eigenvalue weighted by Gasteiger charge is 2.30. The number of amides is 1. The van der Waals surface area contributed by atoms with E-state index in [2.05, 4.69) is 20.6 Å². The van der Waals surface area contributed by atoms with Crippen molar-refractivity contribution in [2.24, 2.45) is 11.7 Å². The number of nitrogens with zero attached hydrogens (tertiary/aromatic N) is 4. The maximum absolute atomic E-state index is 14.7. The van der Waals surface area contributed by atoms with E-state index in [9.17, 15) is 14.3 Å². The number of aliphatic hydroxyl groups is 1. The number of anilines is 3. The third-order valence-electron chi connectivity index (χ3n) is 7.12. The molecule has 1 amide bonds. The highest BCUT2D eigenvalue weighted by atomic mass is 35.5. The molecular formula is C24H28Cl2FN7O2. The first-order valence-corrected chi connectivity index (χ1v) is 12.9. The van der Waals surface area contributed by atoms with Crippen LogP contribution in [0.15, 0.2) is 18.3 Å². The number of primary amides is 1. The molecule has 2 saturated carbocycles. The Morgan fingerprint density at radius 3 is 2.61 bits per heavy atom. The zero-order valence-corrected chi connectivity index (χ0v) is 21.1. The fraction of sp³-hybridized carbons (Fsp3) is 0.500. The van der Waals surface area contributed by atoms with E-state index in [0.29, 0.717) is 55.2 Å². The Kier molecular flexibility index (Phi) is 7.18. The van der Waals surface area contributed by atoms with Gasteiger partial charge in [0.2, 0.25) is 17.8 Å². The second kappa shape index (κ2) is 10.4. The first kappa shape index (κ1) is 25.0. The van der Waals surface area contributed by atoms with Crippen LogP contribution < -0.4 is 16.4 Å². The minimum Gasteiger partial charge on any atom is -0.393 e. The molecule has 2 unspecified atom stereocenters. The monoisotopic (exact) mass is 535 g/mol. The third kappa shape index (κ3) is 5.21. The standard InChI is InChI=1S/C24H28Cl2FN7O2/c25-13-8-17(26)20(18(27)9-13)32-24-31-19-11-29-23(30-14-2-1-3-16(35)10-14)33-22(19)34(24)15-6-4-12(5-7-15)21(28)36/h8-9,11-12,14-16,35H,1-7,10H2,(H2,28,36)(H,31,32)(H,29,30,33). The Balaban J connectivity index is 1.51. The summed E-state index contributed by atoms with van der Waals surface area (Å²) in [5, 5.41) is 16.7. The molecule has 36 heavy (non-hydrogen) atoms. The molecule has 3 aromatic rings. The maximum atomic E-state index is 14.7. The summed E-state index contributed by atoms with van der Waals surface area (Å²) in [5.41, 5.74) is 6.71. The molecule has 2 heterocycles. The third-order valence-corrected chi connectivity index (χ3v) is 7.64. The molecular weight excluding hydrogens is 508 g/mol. The number of imidazole rings is 1. The van der Waals surface area contributed by atoms with Crippen LogP contribution in [-0.2, 0) is 4.79 Å². The molecule has 0 saturated heterocycles. The van der Waals surface area contributed by atoms with Gasteiger partial charge in [0, 0.05) is 23.0 Å². The van der Waals surface area contributed by atoms with Crippen LogP contribution in [0.5, 0.6) is 0 Å². The minimum absolute atomic E-state index is 0.0403. The van der Waals surface area contributed by atoms with E-state index in [1.807, 2.05) is 4.57 Å². The van der Waals surface area contributed by atoms with Gasteiger partial charge in [-0.2, -0.15) is 4.98 Å². The molecule has 5 rings (SSSR count). The molecule has 9 nitrogen and oxygen atoms in total. The van der Waals surface area contributed by atoms with Crippen molar-refractivity contribution < 1.29 is 14.3 Å². The van der Waals surface area contributed by atoms with E-state index >= 15 is 0 Å². The van der Waals surface area contributed by atoms with Crippen LogP contribution in [0.3, 0.4) is 0 Å². The number of benzene rings is 1. The van der Waals surface area contributed by atoms with Crippen LogP contribution in [0.4, 0.5) is 22.0 Å². The zero-order chi connectivity index (χ0) is 25.4. The van der Waals surface area contributed by atoms with Crippen molar-refractivity contribution >= 4 is 57.9 Å². The molecule has 0 bridgehead atoms. The summed E-state index contributed by atoms with van der Waals surface area (Å²) >= 11 is 12.2. The molecule has 1 aromatic carbocycles. The van der Waals surface area contributed by atoms with E-state index in [1.54, 1.807) is 6.20 Å². The van der Waals surface area contributed by atoms with Crippen LogP contribution in [-0.4, -0.2) is 42.7 Å². The molecule has 0 spiro atoms. The van der Waals surface area contributed by atoms with E-state index in [4.69, 9.17) is 33.9 Å². The van der Waals surface area contributed by atoms with E-state index in [1.165, 1.54) is 12.1 Å². The first-order valence-electron chi connectivity index (χ1n) is 12.2. The van der Waals surface area contributed by atoms with Gasteiger partial charge in [0.25, 0.3) is 0 Å². The Labute approximate surface area is 217 Å². The Morgan fingerprint density at radius 1 is 1.14 bits per heavy atom.